The van der Waals surface area contributed by atoms with Crippen molar-refractivity contribution in [3.63, 3.8) is 0 Å². The van der Waals surface area contributed by atoms with Crippen molar-refractivity contribution in [2.45, 2.75) is 6.54 Å². The monoisotopic (exact) mass is 217 g/mol. The summed E-state index contributed by atoms with van der Waals surface area (Å²) in [6, 6.07) is 8.24. The molecule has 3 N–H and O–H groups in total. The summed E-state index contributed by atoms with van der Waals surface area (Å²) in [6.07, 6.45) is 3.25. The van der Waals surface area contributed by atoms with E-state index in [4.69, 9.17) is 5.73 Å². The van der Waals surface area contributed by atoms with E-state index in [1.54, 1.807) is 24.5 Å². The van der Waals surface area contributed by atoms with Crippen molar-refractivity contribution in [1.29, 1.82) is 0 Å². The van der Waals surface area contributed by atoms with Gasteiger partial charge in [0.2, 0.25) is 0 Å². The van der Waals surface area contributed by atoms with Crippen LogP contribution in [0.25, 0.3) is 0 Å². The molecule has 0 saturated carbocycles. The number of hydrogen-bond donors (Lipinski definition) is 2. The molecule has 0 aliphatic heterocycles. The Morgan fingerprint density at radius 1 is 1.25 bits per heavy atom. The number of rotatable bonds is 3. The number of nitrogens with one attached hydrogen (secondary N) is 1. The van der Waals surface area contributed by atoms with Gasteiger partial charge in [-0.05, 0) is 23.8 Å². The molecule has 0 fully saturated rings. The first-order valence-electron chi connectivity index (χ1n) is 4.93. The lowest BCUT2D eigenvalue weighted by atomic mass is 10.2. The van der Waals surface area contributed by atoms with Crippen molar-refractivity contribution in [3.8, 4) is 0 Å². The molecular weight excluding hydrogens is 205 g/mol. The van der Waals surface area contributed by atoms with E-state index in [0.29, 0.717) is 12.2 Å². The Morgan fingerprint density at radius 2 is 2.12 bits per heavy atom. The second kappa shape index (κ2) is 4.61. The number of hydrogen-bond acceptors (Lipinski definition) is 3. The van der Waals surface area contributed by atoms with Crippen molar-refractivity contribution in [2.75, 3.05) is 11.1 Å². The van der Waals surface area contributed by atoms with Gasteiger partial charge >= 0.3 is 0 Å². The highest BCUT2D eigenvalue weighted by Crippen LogP contribution is 2.11. The van der Waals surface area contributed by atoms with Crippen LogP contribution in [-0.4, -0.2) is 4.98 Å². The van der Waals surface area contributed by atoms with Crippen LogP contribution in [0.1, 0.15) is 5.56 Å². The topological polar surface area (TPSA) is 50.9 Å². The lowest BCUT2D eigenvalue weighted by molar-refractivity contribution is 0.626. The average Bonchev–Trinajstić information content (AvgIpc) is 2.27. The Hall–Kier alpha value is -2.10. The van der Waals surface area contributed by atoms with E-state index < -0.39 is 0 Å². The van der Waals surface area contributed by atoms with Crippen LogP contribution < -0.4 is 11.1 Å². The first-order chi connectivity index (χ1) is 7.74. The van der Waals surface area contributed by atoms with Gasteiger partial charge in [-0.1, -0.05) is 12.1 Å². The SMILES string of the molecule is Nc1cncc(NCc2cccc(F)c2)c1. The Kier molecular flexibility index (Phi) is 3.00. The molecule has 1 aromatic carbocycles. The third kappa shape index (κ3) is 2.70. The van der Waals surface area contributed by atoms with E-state index in [2.05, 4.69) is 10.3 Å². The third-order valence-corrected chi connectivity index (χ3v) is 2.15. The molecular formula is C12H12FN3. The van der Waals surface area contributed by atoms with Gasteiger partial charge in [0.1, 0.15) is 5.82 Å². The van der Waals surface area contributed by atoms with Gasteiger partial charge in [0, 0.05) is 12.7 Å². The van der Waals surface area contributed by atoms with Crippen molar-refractivity contribution in [1.82, 2.24) is 4.98 Å². The summed E-state index contributed by atoms with van der Waals surface area (Å²) >= 11 is 0. The van der Waals surface area contributed by atoms with E-state index in [1.807, 2.05) is 6.07 Å². The van der Waals surface area contributed by atoms with Crippen molar-refractivity contribution < 1.29 is 4.39 Å². The predicted molar refractivity (Wildman–Crippen MR) is 62.4 cm³/mol. The van der Waals surface area contributed by atoms with E-state index >= 15 is 0 Å². The molecule has 2 aromatic rings. The van der Waals surface area contributed by atoms with Crippen LogP contribution in [0.3, 0.4) is 0 Å². The molecule has 0 unspecified atom stereocenters. The molecule has 4 heteroatoms. The first-order valence-corrected chi connectivity index (χ1v) is 4.93. The van der Waals surface area contributed by atoms with E-state index in [1.165, 1.54) is 12.1 Å². The number of nitrogens with two attached hydrogens (primary N) is 1. The Balaban J connectivity index is 2.02. The maximum Gasteiger partial charge on any atom is 0.123 e. The zero-order valence-corrected chi connectivity index (χ0v) is 8.65. The van der Waals surface area contributed by atoms with Gasteiger partial charge in [0.15, 0.2) is 0 Å². The van der Waals surface area contributed by atoms with Gasteiger partial charge in [-0.25, -0.2) is 4.39 Å². The van der Waals surface area contributed by atoms with Crippen LogP contribution in [0.15, 0.2) is 42.7 Å². The van der Waals surface area contributed by atoms with Crippen LogP contribution in [0.2, 0.25) is 0 Å². The Bertz CT molecular complexity index is 440. The molecule has 0 bridgehead atoms. The fraction of sp³-hybridized carbons (Fsp3) is 0.0833. The number of halogens is 1. The molecule has 82 valence electrons. The lowest BCUT2D eigenvalue weighted by Gasteiger charge is -2.06. The standard InChI is InChI=1S/C12H12FN3/c13-10-3-1-2-9(4-10)6-16-12-5-11(14)7-15-8-12/h1-5,7-8,16H,6,14H2. The lowest BCUT2D eigenvalue weighted by Crippen LogP contribution is -2.00. The highest BCUT2D eigenvalue weighted by Gasteiger charge is 1.96. The zero-order chi connectivity index (χ0) is 11.4. The van der Waals surface area contributed by atoms with Crippen molar-refractivity contribution >= 4 is 11.4 Å². The number of nitrogens with zero attached hydrogens (tertiary/aromatic N) is 1. The summed E-state index contributed by atoms with van der Waals surface area (Å²) in [4.78, 5) is 3.95. The minimum Gasteiger partial charge on any atom is -0.397 e. The summed E-state index contributed by atoms with van der Waals surface area (Å²) in [6.45, 7) is 0.545. The molecule has 0 radical (unpaired) electrons. The molecule has 0 amide bonds. The van der Waals surface area contributed by atoms with Gasteiger partial charge in [0.25, 0.3) is 0 Å². The predicted octanol–water partition coefficient (Wildman–Crippen LogP) is 2.42. The minimum absolute atomic E-state index is 0.231. The van der Waals surface area contributed by atoms with Crippen LogP contribution in [0.5, 0.6) is 0 Å². The number of pyridine rings is 1. The second-order valence-electron chi connectivity index (χ2n) is 3.49. The molecule has 0 spiro atoms. The van der Waals surface area contributed by atoms with Crippen LogP contribution in [0.4, 0.5) is 15.8 Å². The summed E-state index contributed by atoms with van der Waals surface area (Å²) in [5.41, 5.74) is 7.89. The van der Waals surface area contributed by atoms with Gasteiger partial charge in [-0.2, -0.15) is 0 Å². The maximum absolute atomic E-state index is 12.9. The van der Waals surface area contributed by atoms with E-state index in [0.717, 1.165) is 11.3 Å². The Labute approximate surface area is 93.1 Å². The number of benzene rings is 1. The fourth-order valence-electron chi connectivity index (χ4n) is 1.41. The quantitative estimate of drug-likeness (QED) is 0.830. The Morgan fingerprint density at radius 3 is 2.88 bits per heavy atom. The minimum atomic E-state index is -0.231. The molecule has 0 saturated heterocycles. The summed E-state index contributed by atoms with van der Waals surface area (Å²) in [5, 5.41) is 3.12. The van der Waals surface area contributed by atoms with Crippen LogP contribution in [0, 0.1) is 5.82 Å². The molecule has 3 nitrogen and oxygen atoms in total. The van der Waals surface area contributed by atoms with Gasteiger partial charge in [-0.15, -0.1) is 0 Å². The summed E-state index contributed by atoms with van der Waals surface area (Å²) in [5.74, 6) is -0.231. The largest absolute Gasteiger partial charge is 0.397 e. The molecule has 0 atom stereocenters. The van der Waals surface area contributed by atoms with E-state index in [-0.39, 0.29) is 5.82 Å². The average molecular weight is 217 g/mol. The second-order valence-corrected chi connectivity index (χ2v) is 3.49. The molecule has 0 aliphatic carbocycles. The zero-order valence-electron chi connectivity index (χ0n) is 8.65. The highest BCUT2D eigenvalue weighted by atomic mass is 19.1. The van der Waals surface area contributed by atoms with Crippen molar-refractivity contribution in [2.24, 2.45) is 0 Å². The third-order valence-electron chi connectivity index (χ3n) is 2.15. The smallest absolute Gasteiger partial charge is 0.123 e. The normalized spacial score (nSPS) is 10.1. The molecule has 1 aromatic heterocycles. The van der Waals surface area contributed by atoms with Gasteiger partial charge < -0.3 is 11.1 Å². The number of nitrogen functional groups attached to an aromatic ring is 1. The highest BCUT2D eigenvalue weighted by molar-refractivity contribution is 5.51. The van der Waals surface area contributed by atoms with Gasteiger partial charge in [-0.3, -0.25) is 4.98 Å². The molecule has 2 rings (SSSR count). The summed E-state index contributed by atoms with van der Waals surface area (Å²) < 4.78 is 12.9. The van der Waals surface area contributed by atoms with Gasteiger partial charge in [0.05, 0.1) is 17.6 Å². The van der Waals surface area contributed by atoms with Crippen LogP contribution in [-0.2, 0) is 6.54 Å². The van der Waals surface area contributed by atoms with Crippen molar-refractivity contribution in [3.05, 3.63) is 54.1 Å². The number of anilines is 2. The fourth-order valence-corrected chi connectivity index (χ4v) is 1.41. The number of aromatic nitrogens is 1. The molecule has 0 aliphatic rings. The maximum atomic E-state index is 12.9. The van der Waals surface area contributed by atoms with E-state index in [9.17, 15) is 4.39 Å². The molecule has 1 heterocycles. The van der Waals surface area contributed by atoms with Crippen LogP contribution >= 0.6 is 0 Å². The summed E-state index contributed by atoms with van der Waals surface area (Å²) in [7, 11) is 0. The first kappa shape index (κ1) is 10.4. The molecule has 16 heavy (non-hydrogen) atoms.